The van der Waals surface area contributed by atoms with Crippen molar-refractivity contribution in [2.75, 3.05) is 19.5 Å². The molecule has 4 N–H and O–H groups in total. The molecule has 0 saturated heterocycles. The maximum Gasteiger partial charge on any atom is 0.210 e. The number of methoxy groups -OCH3 is 1. The number of benzene rings is 1. The Bertz CT molecular complexity index is 367. The van der Waals surface area contributed by atoms with Crippen LogP contribution in [-0.4, -0.2) is 20.1 Å². The first-order chi connectivity index (χ1) is 7.21. The lowest BCUT2D eigenvalue weighted by Gasteiger charge is -2.11. The number of hydrazine groups is 1. The van der Waals surface area contributed by atoms with Crippen LogP contribution in [0.25, 0.3) is 0 Å². The molecule has 1 aromatic carbocycles. The smallest absolute Gasteiger partial charge is 0.210 e. The number of nitrogens with two attached hydrogens (primary N) is 1. The number of hydrogen-bond donors (Lipinski definition) is 3. The van der Waals surface area contributed by atoms with Crippen LogP contribution in [0, 0.1) is 5.82 Å². The fourth-order valence-corrected chi connectivity index (χ4v) is 1.05. The summed E-state index contributed by atoms with van der Waals surface area (Å²) in [6.07, 6.45) is 0. The van der Waals surface area contributed by atoms with Crippen molar-refractivity contribution in [1.82, 2.24) is 5.43 Å². The number of hydrogen-bond acceptors (Lipinski definition) is 3. The lowest BCUT2D eigenvalue weighted by molar-refractivity contribution is 0.413. The summed E-state index contributed by atoms with van der Waals surface area (Å²) in [7, 11) is 3.02. The predicted octanol–water partition coefficient (Wildman–Crippen LogP) is 0.695. The first-order valence-electron chi connectivity index (χ1n) is 4.25. The lowest BCUT2D eigenvalue weighted by atomic mass is 10.3. The molecular formula is C9H13FN4O. The van der Waals surface area contributed by atoms with E-state index in [1.807, 2.05) is 0 Å². The Balaban J connectivity index is 2.94. The SMILES string of the molecule is CN=C(NN)Nc1ccc(F)cc1OC. The summed E-state index contributed by atoms with van der Waals surface area (Å²) < 4.78 is 17.8. The topological polar surface area (TPSA) is 71.7 Å². The second-order valence-corrected chi connectivity index (χ2v) is 2.69. The molecule has 0 fully saturated rings. The molecule has 0 aliphatic carbocycles. The van der Waals surface area contributed by atoms with Gasteiger partial charge < -0.3 is 10.1 Å². The average molecular weight is 212 g/mol. The predicted molar refractivity (Wildman–Crippen MR) is 57.3 cm³/mol. The standard InChI is InChI=1S/C9H13FN4O/c1-12-9(14-11)13-7-4-3-6(10)5-8(7)15-2/h3-5H,11H2,1-2H3,(H2,12,13,14). The maximum atomic E-state index is 12.9. The Labute approximate surface area is 87.1 Å². The van der Waals surface area contributed by atoms with Crippen LogP contribution in [0.2, 0.25) is 0 Å². The molecule has 0 amide bonds. The van der Waals surface area contributed by atoms with Crippen LogP contribution in [0.15, 0.2) is 23.2 Å². The molecule has 0 unspecified atom stereocenters. The average Bonchev–Trinajstić information content (AvgIpc) is 2.27. The van der Waals surface area contributed by atoms with Crippen molar-refractivity contribution >= 4 is 11.6 Å². The normalized spacial score (nSPS) is 11.1. The van der Waals surface area contributed by atoms with Crippen molar-refractivity contribution in [3.05, 3.63) is 24.0 Å². The fraction of sp³-hybridized carbons (Fsp3) is 0.222. The van der Waals surface area contributed by atoms with Crippen molar-refractivity contribution in [1.29, 1.82) is 0 Å². The van der Waals surface area contributed by atoms with Gasteiger partial charge in [0.25, 0.3) is 0 Å². The third-order valence-corrected chi connectivity index (χ3v) is 1.78. The van der Waals surface area contributed by atoms with Gasteiger partial charge in [-0.3, -0.25) is 10.4 Å². The van der Waals surface area contributed by atoms with Crippen molar-refractivity contribution < 1.29 is 9.13 Å². The van der Waals surface area contributed by atoms with Crippen LogP contribution in [0.1, 0.15) is 0 Å². The van der Waals surface area contributed by atoms with E-state index >= 15 is 0 Å². The van der Waals surface area contributed by atoms with E-state index in [9.17, 15) is 4.39 Å². The van der Waals surface area contributed by atoms with E-state index in [1.54, 1.807) is 7.05 Å². The van der Waals surface area contributed by atoms with Crippen LogP contribution in [0.4, 0.5) is 10.1 Å². The van der Waals surface area contributed by atoms with E-state index in [2.05, 4.69) is 15.7 Å². The molecule has 0 atom stereocenters. The number of aliphatic imine (C=N–C) groups is 1. The van der Waals surface area contributed by atoms with Gasteiger partial charge in [-0.25, -0.2) is 10.2 Å². The van der Waals surface area contributed by atoms with E-state index in [4.69, 9.17) is 10.6 Å². The van der Waals surface area contributed by atoms with E-state index in [0.29, 0.717) is 17.4 Å². The number of ether oxygens (including phenoxy) is 1. The molecule has 0 heterocycles. The van der Waals surface area contributed by atoms with Gasteiger partial charge in [0, 0.05) is 13.1 Å². The molecule has 0 bridgehead atoms. The molecule has 0 saturated carbocycles. The summed E-state index contributed by atoms with van der Waals surface area (Å²) >= 11 is 0. The number of anilines is 1. The fourth-order valence-electron chi connectivity index (χ4n) is 1.05. The minimum Gasteiger partial charge on any atom is -0.494 e. The van der Waals surface area contributed by atoms with Gasteiger partial charge in [-0.05, 0) is 12.1 Å². The zero-order chi connectivity index (χ0) is 11.3. The van der Waals surface area contributed by atoms with E-state index in [-0.39, 0.29) is 5.82 Å². The molecule has 0 aliphatic rings. The lowest BCUT2D eigenvalue weighted by Crippen LogP contribution is -2.36. The molecular weight excluding hydrogens is 199 g/mol. The highest BCUT2D eigenvalue weighted by Crippen LogP contribution is 2.24. The van der Waals surface area contributed by atoms with Gasteiger partial charge in [0.2, 0.25) is 5.96 Å². The summed E-state index contributed by atoms with van der Waals surface area (Å²) in [4.78, 5) is 3.82. The van der Waals surface area contributed by atoms with E-state index in [0.717, 1.165) is 0 Å². The van der Waals surface area contributed by atoms with Crippen LogP contribution >= 0.6 is 0 Å². The van der Waals surface area contributed by atoms with Gasteiger partial charge in [0.05, 0.1) is 12.8 Å². The minimum absolute atomic E-state index is 0.361. The molecule has 0 aromatic heterocycles. The molecule has 5 nitrogen and oxygen atoms in total. The van der Waals surface area contributed by atoms with Crippen molar-refractivity contribution in [2.45, 2.75) is 0 Å². The largest absolute Gasteiger partial charge is 0.494 e. The van der Waals surface area contributed by atoms with Crippen LogP contribution < -0.4 is 21.3 Å². The molecule has 0 radical (unpaired) electrons. The van der Waals surface area contributed by atoms with Gasteiger partial charge in [-0.15, -0.1) is 0 Å². The van der Waals surface area contributed by atoms with Gasteiger partial charge in [-0.2, -0.15) is 0 Å². The van der Waals surface area contributed by atoms with Gasteiger partial charge in [0.15, 0.2) is 0 Å². The first-order valence-corrected chi connectivity index (χ1v) is 4.25. The molecule has 0 spiro atoms. The van der Waals surface area contributed by atoms with Crippen LogP contribution in [-0.2, 0) is 0 Å². The Morgan fingerprint density at radius 3 is 2.80 bits per heavy atom. The summed E-state index contributed by atoms with van der Waals surface area (Å²) in [5.41, 5.74) is 2.94. The minimum atomic E-state index is -0.368. The van der Waals surface area contributed by atoms with Crippen molar-refractivity contribution in [3.8, 4) is 5.75 Å². The Morgan fingerprint density at radius 2 is 2.27 bits per heavy atom. The Morgan fingerprint density at radius 1 is 1.53 bits per heavy atom. The van der Waals surface area contributed by atoms with Gasteiger partial charge in [0.1, 0.15) is 11.6 Å². The number of nitrogens with zero attached hydrogens (tertiary/aromatic N) is 1. The summed E-state index contributed by atoms with van der Waals surface area (Å²) in [6.45, 7) is 0. The zero-order valence-electron chi connectivity index (χ0n) is 8.54. The molecule has 15 heavy (non-hydrogen) atoms. The maximum absolute atomic E-state index is 12.9. The van der Waals surface area contributed by atoms with Crippen LogP contribution in [0.3, 0.4) is 0 Å². The van der Waals surface area contributed by atoms with Crippen LogP contribution in [0.5, 0.6) is 5.75 Å². The molecule has 1 rings (SSSR count). The number of halogens is 1. The number of guanidine groups is 1. The van der Waals surface area contributed by atoms with Crippen molar-refractivity contribution in [2.24, 2.45) is 10.8 Å². The summed E-state index contributed by atoms with van der Waals surface area (Å²) in [6, 6.07) is 4.12. The zero-order valence-corrected chi connectivity index (χ0v) is 8.54. The van der Waals surface area contributed by atoms with E-state index < -0.39 is 0 Å². The molecule has 1 aromatic rings. The third-order valence-electron chi connectivity index (χ3n) is 1.78. The summed E-state index contributed by atoms with van der Waals surface area (Å²) in [5.74, 6) is 5.57. The van der Waals surface area contributed by atoms with Gasteiger partial charge >= 0.3 is 0 Å². The molecule has 0 aliphatic heterocycles. The van der Waals surface area contributed by atoms with Crippen molar-refractivity contribution in [3.63, 3.8) is 0 Å². The Kier molecular flexibility index (Phi) is 3.87. The first kappa shape index (κ1) is 11.3. The summed E-state index contributed by atoms with van der Waals surface area (Å²) in [5, 5.41) is 2.85. The second kappa shape index (κ2) is 5.16. The van der Waals surface area contributed by atoms with E-state index in [1.165, 1.54) is 25.3 Å². The van der Waals surface area contributed by atoms with Gasteiger partial charge in [-0.1, -0.05) is 0 Å². The monoisotopic (exact) mass is 212 g/mol. The molecule has 82 valence electrons. The quantitative estimate of drug-likeness (QED) is 0.292. The highest BCUT2D eigenvalue weighted by Gasteiger charge is 2.05. The highest BCUT2D eigenvalue weighted by atomic mass is 19.1. The highest BCUT2D eigenvalue weighted by molar-refractivity contribution is 5.94. The number of nitrogens with one attached hydrogen (secondary N) is 2. The Hall–Kier alpha value is -1.82. The third kappa shape index (κ3) is 2.81. The molecule has 6 heteroatoms. The number of rotatable bonds is 2. The second-order valence-electron chi connectivity index (χ2n) is 2.69.